The first-order valence-electron chi connectivity index (χ1n) is 9.82. The molecular weight excluding hydrogens is 495 g/mol. The van der Waals surface area contributed by atoms with Crippen molar-refractivity contribution in [2.45, 2.75) is 11.4 Å². The number of rotatable bonds is 8. The molecule has 1 amide bonds. The number of hydrogen-bond acceptors (Lipinski definition) is 5. The summed E-state index contributed by atoms with van der Waals surface area (Å²) in [5, 5.41) is 19.2. The number of carboxylic acid groups (broad SMARTS) is 1. The zero-order chi connectivity index (χ0) is 25.9. The van der Waals surface area contributed by atoms with Gasteiger partial charge in [-0.1, -0.05) is 30.3 Å². The molecule has 0 atom stereocenters. The molecule has 0 bridgehead atoms. The number of phenols is 1. The summed E-state index contributed by atoms with van der Waals surface area (Å²) in [6.45, 7) is -0.564. The first-order chi connectivity index (χ1) is 16.5. The Bertz CT molecular complexity index is 1250. The molecule has 0 radical (unpaired) electrons. The SMILES string of the molecule is CN(CC(=O)N(Cc1ccccc1)c1ccc(C(=O)O)c(O)c1)Sc1c(F)c(F)c(F)c(F)c1F. The minimum absolute atomic E-state index is 0.0213. The highest BCUT2D eigenvalue weighted by atomic mass is 32.2. The maximum absolute atomic E-state index is 14.0. The molecular formula is C23H17F5N2O4S. The second-order valence-corrected chi connectivity index (χ2v) is 8.46. The Morgan fingerprint density at radius 3 is 2.00 bits per heavy atom. The molecule has 35 heavy (non-hydrogen) atoms. The number of halogens is 5. The molecule has 0 unspecified atom stereocenters. The lowest BCUT2D eigenvalue weighted by atomic mass is 10.1. The molecule has 0 heterocycles. The number of carboxylic acids is 1. The van der Waals surface area contributed by atoms with Crippen LogP contribution in [0.2, 0.25) is 0 Å². The van der Waals surface area contributed by atoms with E-state index in [9.17, 15) is 36.6 Å². The van der Waals surface area contributed by atoms with Crippen LogP contribution in [0.4, 0.5) is 27.6 Å². The second-order valence-electron chi connectivity index (χ2n) is 7.25. The fraction of sp³-hybridized carbons (Fsp3) is 0.130. The second kappa shape index (κ2) is 10.7. The largest absolute Gasteiger partial charge is 0.507 e. The van der Waals surface area contributed by atoms with E-state index in [2.05, 4.69) is 0 Å². The van der Waals surface area contributed by atoms with Gasteiger partial charge in [-0.05, 0) is 36.7 Å². The van der Waals surface area contributed by atoms with E-state index < -0.39 is 58.2 Å². The van der Waals surface area contributed by atoms with Crippen molar-refractivity contribution in [3.63, 3.8) is 0 Å². The van der Waals surface area contributed by atoms with Crippen LogP contribution in [-0.2, 0) is 11.3 Å². The molecule has 0 aliphatic rings. The average molecular weight is 512 g/mol. The number of aromatic hydroxyl groups is 1. The van der Waals surface area contributed by atoms with Crippen molar-refractivity contribution < 1.29 is 41.8 Å². The normalized spacial score (nSPS) is 11.1. The Morgan fingerprint density at radius 2 is 1.46 bits per heavy atom. The zero-order valence-corrected chi connectivity index (χ0v) is 18.8. The quantitative estimate of drug-likeness (QED) is 0.192. The number of anilines is 1. The van der Waals surface area contributed by atoms with E-state index in [-0.39, 0.29) is 29.7 Å². The summed E-state index contributed by atoms with van der Waals surface area (Å²) in [5.74, 6) is -13.2. The third-order valence-electron chi connectivity index (χ3n) is 4.78. The number of nitrogens with zero attached hydrogens (tertiary/aromatic N) is 2. The van der Waals surface area contributed by atoms with Crippen LogP contribution >= 0.6 is 11.9 Å². The van der Waals surface area contributed by atoms with Gasteiger partial charge >= 0.3 is 5.97 Å². The fourth-order valence-electron chi connectivity index (χ4n) is 3.09. The molecule has 0 aliphatic carbocycles. The zero-order valence-electron chi connectivity index (χ0n) is 17.9. The summed E-state index contributed by atoms with van der Waals surface area (Å²) >= 11 is 0.153. The van der Waals surface area contributed by atoms with Gasteiger partial charge < -0.3 is 15.1 Å². The Morgan fingerprint density at radius 1 is 0.886 bits per heavy atom. The Balaban J connectivity index is 1.88. The maximum atomic E-state index is 14.0. The van der Waals surface area contributed by atoms with Crippen molar-refractivity contribution in [1.29, 1.82) is 0 Å². The summed E-state index contributed by atoms with van der Waals surface area (Å²) < 4.78 is 69.3. The molecule has 0 saturated carbocycles. The predicted molar refractivity (Wildman–Crippen MR) is 117 cm³/mol. The van der Waals surface area contributed by atoms with E-state index >= 15 is 0 Å². The van der Waals surface area contributed by atoms with Gasteiger partial charge in [0.15, 0.2) is 23.3 Å². The number of aromatic carboxylic acids is 1. The molecule has 0 aromatic heterocycles. The van der Waals surface area contributed by atoms with Gasteiger partial charge in [0.1, 0.15) is 16.2 Å². The molecule has 0 saturated heterocycles. The lowest BCUT2D eigenvalue weighted by Crippen LogP contribution is -2.37. The van der Waals surface area contributed by atoms with E-state index in [0.717, 1.165) is 16.4 Å². The lowest BCUT2D eigenvalue weighted by Gasteiger charge is -2.26. The van der Waals surface area contributed by atoms with E-state index in [1.54, 1.807) is 30.3 Å². The number of likely N-dealkylation sites (N-methyl/N-ethyl adjacent to an activating group) is 1. The van der Waals surface area contributed by atoms with Crippen molar-refractivity contribution in [2.24, 2.45) is 0 Å². The fourth-order valence-corrected chi connectivity index (χ4v) is 3.91. The molecule has 6 nitrogen and oxygen atoms in total. The van der Waals surface area contributed by atoms with Crippen LogP contribution in [-0.4, -0.2) is 40.0 Å². The van der Waals surface area contributed by atoms with E-state index in [4.69, 9.17) is 5.11 Å². The van der Waals surface area contributed by atoms with Crippen LogP contribution < -0.4 is 4.90 Å². The monoisotopic (exact) mass is 512 g/mol. The van der Waals surface area contributed by atoms with Crippen LogP contribution in [0, 0.1) is 29.1 Å². The smallest absolute Gasteiger partial charge is 0.339 e. The van der Waals surface area contributed by atoms with Crippen LogP contribution in [0.1, 0.15) is 15.9 Å². The third kappa shape index (κ3) is 5.72. The minimum atomic E-state index is -2.29. The van der Waals surface area contributed by atoms with Crippen molar-refractivity contribution in [2.75, 3.05) is 18.5 Å². The Labute approximate surface area is 200 Å². The highest BCUT2D eigenvalue weighted by molar-refractivity contribution is 7.97. The Hall–Kier alpha value is -3.64. The number of hydrogen-bond donors (Lipinski definition) is 2. The number of carbonyl (C=O) groups excluding carboxylic acids is 1. The standard InChI is InChI=1S/C23H17F5N2O4S/c1-29(35-22-20(27)18(25)17(24)19(26)21(22)28)11-16(32)30(10-12-5-3-2-4-6-12)13-7-8-14(23(33)34)15(31)9-13/h2-9,31H,10-11H2,1H3,(H,33,34). The first-order valence-corrected chi connectivity index (χ1v) is 10.6. The van der Waals surface area contributed by atoms with Crippen LogP contribution in [0.5, 0.6) is 5.75 Å². The summed E-state index contributed by atoms with van der Waals surface area (Å²) in [5.41, 5.74) is 0.397. The van der Waals surface area contributed by atoms with Crippen molar-refractivity contribution in [3.05, 3.63) is 88.7 Å². The molecule has 3 aromatic carbocycles. The van der Waals surface area contributed by atoms with E-state index in [1.807, 2.05) is 0 Å². The number of benzene rings is 3. The average Bonchev–Trinajstić information content (AvgIpc) is 2.83. The van der Waals surface area contributed by atoms with Gasteiger partial charge in [0.2, 0.25) is 11.7 Å². The number of carbonyl (C=O) groups is 2. The molecule has 3 rings (SSSR count). The lowest BCUT2D eigenvalue weighted by molar-refractivity contribution is -0.118. The minimum Gasteiger partial charge on any atom is -0.507 e. The van der Waals surface area contributed by atoms with Gasteiger partial charge in [-0.15, -0.1) is 0 Å². The summed E-state index contributed by atoms with van der Waals surface area (Å²) in [4.78, 5) is 24.3. The van der Waals surface area contributed by atoms with Gasteiger partial charge in [-0.25, -0.2) is 31.1 Å². The highest BCUT2D eigenvalue weighted by Crippen LogP contribution is 2.33. The summed E-state index contributed by atoms with van der Waals surface area (Å²) in [6, 6.07) is 12.1. The highest BCUT2D eigenvalue weighted by Gasteiger charge is 2.28. The first kappa shape index (κ1) is 26.0. The molecule has 0 fully saturated rings. The van der Waals surface area contributed by atoms with Gasteiger partial charge in [0.25, 0.3) is 0 Å². The third-order valence-corrected chi connectivity index (χ3v) is 5.76. The van der Waals surface area contributed by atoms with Crippen LogP contribution in [0.15, 0.2) is 53.4 Å². The van der Waals surface area contributed by atoms with Crippen LogP contribution in [0.25, 0.3) is 0 Å². The van der Waals surface area contributed by atoms with Crippen molar-refractivity contribution >= 4 is 29.5 Å². The summed E-state index contributed by atoms with van der Waals surface area (Å²) in [7, 11) is 1.21. The van der Waals surface area contributed by atoms with Crippen molar-refractivity contribution in [3.8, 4) is 5.75 Å². The summed E-state index contributed by atoms with van der Waals surface area (Å²) in [6.07, 6.45) is 0. The predicted octanol–water partition coefficient (Wildman–Crippen LogP) is 4.96. The van der Waals surface area contributed by atoms with E-state index in [0.29, 0.717) is 5.56 Å². The topological polar surface area (TPSA) is 81.1 Å². The van der Waals surface area contributed by atoms with E-state index in [1.165, 1.54) is 18.0 Å². The molecule has 12 heteroatoms. The van der Waals surface area contributed by atoms with Gasteiger partial charge in [0.05, 0.1) is 13.1 Å². The van der Waals surface area contributed by atoms with Gasteiger partial charge in [-0.2, -0.15) is 0 Å². The van der Waals surface area contributed by atoms with Gasteiger partial charge in [0, 0.05) is 11.8 Å². The van der Waals surface area contributed by atoms with Gasteiger partial charge in [-0.3, -0.25) is 4.79 Å². The number of amides is 1. The molecule has 184 valence electrons. The Kier molecular flexibility index (Phi) is 7.97. The molecule has 0 aliphatic heterocycles. The van der Waals surface area contributed by atoms with Crippen LogP contribution in [0.3, 0.4) is 0 Å². The maximum Gasteiger partial charge on any atom is 0.339 e. The van der Waals surface area contributed by atoms with Crippen molar-refractivity contribution in [1.82, 2.24) is 4.31 Å². The molecule has 2 N–H and O–H groups in total. The molecule has 3 aromatic rings. The molecule has 0 spiro atoms.